The van der Waals surface area contributed by atoms with E-state index in [1.807, 2.05) is 20.8 Å². The second-order valence-electron chi connectivity index (χ2n) is 6.68. The number of carbonyl (C=O) groups is 1. The van der Waals surface area contributed by atoms with Gasteiger partial charge < -0.3 is 9.84 Å². The number of esters is 1. The molecular weight excluding hydrogens is 216 g/mol. The van der Waals surface area contributed by atoms with Crippen LogP contribution in [0.15, 0.2) is 0 Å². The summed E-state index contributed by atoms with van der Waals surface area (Å²) in [5, 5.41) is 10.7. The molecule has 1 N–H and O–H groups in total. The van der Waals surface area contributed by atoms with Crippen molar-refractivity contribution in [1.82, 2.24) is 0 Å². The molecule has 0 radical (unpaired) electrons. The van der Waals surface area contributed by atoms with Gasteiger partial charge in [0.25, 0.3) is 0 Å². The second-order valence-corrected chi connectivity index (χ2v) is 6.68. The molecule has 0 saturated heterocycles. The fraction of sp³-hybridized carbons (Fsp3) is 0.929. The molecule has 2 aliphatic rings. The minimum atomic E-state index is -0.798. The Hall–Kier alpha value is -0.570. The molecule has 3 nitrogen and oxygen atoms in total. The largest absolute Gasteiger partial charge is 0.459 e. The van der Waals surface area contributed by atoms with Crippen LogP contribution in [-0.2, 0) is 9.53 Å². The Bertz CT molecular complexity index is 304. The van der Waals surface area contributed by atoms with E-state index in [9.17, 15) is 9.90 Å². The first-order chi connectivity index (χ1) is 7.79. The number of hydrogen-bond donors (Lipinski definition) is 1. The third kappa shape index (κ3) is 2.35. The maximum Gasteiger partial charge on any atom is 0.315 e. The van der Waals surface area contributed by atoms with Gasteiger partial charge in [-0.15, -0.1) is 0 Å². The quantitative estimate of drug-likeness (QED) is 0.755. The summed E-state index contributed by atoms with van der Waals surface area (Å²) in [4.78, 5) is 12.3. The first kappa shape index (κ1) is 12.9. The average molecular weight is 240 g/mol. The van der Waals surface area contributed by atoms with E-state index in [4.69, 9.17) is 4.74 Å². The van der Waals surface area contributed by atoms with Crippen molar-refractivity contribution < 1.29 is 14.6 Å². The average Bonchev–Trinajstić information content (AvgIpc) is 2.96. The Morgan fingerprint density at radius 3 is 2.00 bits per heavy atom. The standard InChI is InChI=1S/C14H24O3/c1-12(2,3)17-11(15)13(9-10-13)14(16)7-5-4-6-8-14/h16H,4-10H2,1-3H3. The highest BCUT2D eigenvalue weighted by Crippen LogP contribution is 2.59. The minimum Gasteiger partial charge on any atom is -0.459 e. The second kappa shape index (κ2) is 3.98. The van der Waals surface area contributed by atoms with Gasteiger partial charge in [0.1, 0.15) is 5.60 Å². The van der Waals surface area contributed by atoms with E-state index in [0.717, 1.165) is 38.5 Å². The molecule has 2 saturated carbocycles. The third-order valence-electron chi connectivity index (χ3n) is 4.11. The molecular formula is C14H24O3. The van der Waals surface area contributed by atoms with Crippen LogP contribution in [0.4, 0.5) is 0 Å². The monoisotopic (exact) mass is 240 g/mol. The van der Waals surface area contributed by atoms with Gasteiger partial charge in [-0.05, 0) is 46.5 Å². The predicted octanol–water partition coefficient (Wildman–Crippen LogP) is 2.80. The molecule has 98 valence electrons. The van der Waals surface area contributed by atoms with E-state index >= 15 is 0 Å². The summed E-state index contributed by atoms with van der Waals surface area (Å²) in [6.07, 6.45) is 6.32. The number of carbonyl (C=O) groups excluding carboxylic acids is 1. The highest BCUT2D eigenvalue weighted by molar-refractivity contribution is 5.82. The lowest BCUT2D eigenvalue weighted by Gasteiger charge is -2.39. The van der Waals surface area contributed by atoms with E-state index in [2.05, 4.69) is 0 Å². The van der Waals surface area contributed by atoms with Crippen molar-refractivity contribution in [3.8, 4) is 0 Å². The molecule has 0 aromatic carbocycles. The van der Waals surface area contributed by atoms with Crippen molar-refractivity contribution in [3.63, 3.8) is 0 Å². The topological polar surface area (TPSA) is 46.5 Å². The van der Waals surface area contributed by atoms with Gasteiger partial charge in [-0.25, -0.2) is 0 Å². The van der Waals surface area contributed by atoms with Gasteiger partial charge >= 0.3 is 5.97 Å². The summed E-state index contributed by atoms with van der Waals surface area (Å²) in [6.45, 7) is 5.64. The zero-order valence-corrected chi connectivity index (χ0v) is 11.2. The molecule has 17 heavy (non-hydrogen) atoms. The molecule has 2 aliphatic carbocycles. The van der Waals surface area contributed by atoms with Crippen molar-refractivity contribution in [1.29, 1.82) is 0 Å². The molecule has 0 unspecified atom stereocenters. The Morgan fingerprint density at radius 2 is 1.59 bits per heavy atom. The van der Waals surface area contributed by atoms with Crippen LogP contribution in [0, 0.1) is 5.41 Å². The van der Waals surface area contributed by atoms with Gasteiger partial charge in [0.05, 0.1) is 11.0 Å². The molecule has 3 heteroatoms. The highest BCUT2D eigenvalue weighted by atomic mass is 16.6. The van der Waals surface area contributed by atoms with E-state index in [0.29, 0.717) is 0 Å². The van der Waals surface area contributed by atoms with Gasteiger partial charge in [0, 0.05) is 0 Å². The van der Waals surface area contributed by atoms with Gasteiger partial charge in [0.2, 0.25) is 0 Å². The Balaban J connectivity index is 2.10. The van der Waals surface area contributed by atoms with Gasteiger partial charge in [-0.3, -0.25) is 4.79 Å². The molecule has 0 atom stereocenters. The lowest BCUT2D eigenvalue weighted by Crippen LogP contribution is -2.48. The van der Waals surface area contributed by atoms with Crippen LogP contribution in [0.25, 0.3) is 0 Å². The normalized spacial score (nSPS) is 26.4. The molecule has 0 aliphatic heterocycles. The maximum absolute atomic E-state index is 12.3. The molecule has 2 fully saturated rings. The molecule has 0 bridgehead atoms. The van der Waals surface area contributed by atoms with Crippen molar-refractivity contribution in [2.45, 2.75) is 76.9 Å². The van der Waals surface area contributed by atoms with Gasteiger partial charge in [-0.1, -0.05) is 19.3 Å². The van der Waals surface area contributed by atoms with Crippen molar-refractivity contribution in [2.24, 2.45) is 5.41 Å². The molecule has 2 rings (SSSR count). The zero-order valence-electron chi connectivity index (χ0n) is 11.2. The van der Waals surface area contributed by atoms with Crippen LogP contribution < -0.4 is 0 Å². The van der Waals surface area contributed by atoms with Gasteiger partial charge in [0.15, 0.2) is 0 Å². The molecule has 0 aromatic rings. The summed E-state index contributed by atoms with van der Waals surface area (Å²) < 4.78 is 5.48. The zero-order chi connectivity index (χ0) is 12.7. The summed E-state index contributed by atoms with van der Waals surface area (Å²) in [7, 11) is 0. The summed E-state index contributed by atoms with van der Waals surface area (Å²) >= 11 is 0. The van der Waals surface area contributed by atoms with Crippen molar-refractivity contribution in [3.05, 3.63) is 0 Å². The van der Waals surface area contributed by atoms with E-state index < -0.39 is 16.6 Å². The highest BCUT2D eigenvalue weighted by Gasteiger charge is 2.65. The molecule has 0 spiro atoms. The SMILES string of the molecule is CC(C)(C)OC(=O)C1(C2(O)CCCCC2)CC1. The third-order valence-corrected chi connectivity index (χ3v) is 4.11. The van der Waals surface area contributed by atoms with E-state index in [1.165, 1.54) is 6.42 Å². The maximum atomic E-state index is 12.3. The number of ether oxygens (including phenoxy) is 1. The fourth-order valence-electron chi connectivity index (χ4n) is 2.98. The summed E-state index contributed by atoms with van der Waals surface area (Å²) in [5.41, 5.74) is -1.84. The van der Waals surface area contributed by atoms with Crippen LogP contribution in [0.1, 0.15) is 65.7 Å². The van der Waals surface area contributed by atoms with E-state index in [-0.39, 0.29) is 5.97 Å². The molecule has 0 amide bonds. The Kier molecular flexibility index (Phi) is 3.01. The first-order valence-corrected chi connectivity index (χ1v) is 6.75. The summed E-state index contributed by atoms with van der Waals surface area (Å²) in [5.74, 6) is -0.186. The predicted molar refractivity (Wildman–Crippen MR) is 65.5 cm³/mol. The lowest BCUT2D eigenvalue weighted by molar-refractivity contribution is -0.176. The van der Waals surface area contributed by atoms with Crippen LogP contribution in [0.3, 0.4) is 0 Å². The van der Waals surface area contributed by atoms with Crippen molar-refractivity contribution in [2.75, 3.05) is 0 Å². The fourth-order valence-corrected chi connectivity index (χ4v) is 2.98. The minimum absolute atomic E-state index is 0.186. The number of rotatable bonds is 2. The summed E-state index contributed by atoms with van der Waals surface area (Å²) in [6, 6.07) is 0. The lowest BCUT2D eigenvalue weighted by atomic mass is 9.73. The van der Waals surface area contributed by atoms with Crippen molar-refractivity contribution >= 4 is 5.97 Å². The first-order valence-electron chi connectivity index (χ1n) is 6.75. The smallest absolute Gasteiger partial charge is 0.315 e. The van der Waals surface area contributed by atoms with Crippen LogP contribution in [0.5, 0.6) is 0 Å². The number of hydrogen-bond acceptors (Lipinski definition) is 3. The van der Waals surface area contributed by atoms with Gasteiger partial charge in [-0.2, -0.15) is 0 Å². The Labute approximate surface area is 104 Å². The van der Waals surface area contributed by atoms with E-state index in [1.54, 1.807) is 0 Å². The molecule has 0 heterocycles. The van der Waals surface area contributed by atoms with Crippen LogP contribution >= 0.6 is 0 Å². The number of aliphatic hydroxyl groups is 1. The Morgan fingerprint density at radius 1 is 1.06 bits per heavy atom. The molecule has 0 aromatic heterocycles. The van der Waals surface area contributed by atoms with Crippen LogP contribution in [-0.4, -0.2) is 22.3 Å². The van der Waals surface area contributed by atoms with Crippen LogP contribution in [0.2, 0.25) is 0 Å².